The summed E-state index contributed by atoms with van der Waals surface area (Å²) in [6.07, 6.45) is 3.05. The smallest absolute Gasteiger partial charge is 0.187 e. The summed E-state index contributed by atoms with van der Waals surface area (Å²) in [6.45, 7) is 0. The Bertz CT molecular complexity index is 665. The van der Waals surface area contributed by atoms with Gasteiger partial charge in [0.15, 0.2) is 5.78 Å². The van der Waals surface area contributed by atoms with E-state index in [1.54, 1.807) is 19.3 Å². The zero-order chi connectivity index (χ0) is 14.5. The van der Waals surface area contributed by atoms with Crippen molar-refractivity contribution >= 4 is 23.5 Å². The summed E-state index contributed by atoms with van der Waals surface area (Å²) in [5.74, 6) is -0.0411. The van der Waals surface area contributed by atoms with E-state index in [-0.39, 0.29) is 16.4 Å². The molecule has 0 bridgehead atoms. The first kappa shape index (κ1) is 14.3. The first-order valence-corrected chi connectivity index (χ1v) is 6.29. The first-order chi connectivity index (χ1) is 9.60. The van der Waals surface area contributed by atoms with Gasteiger partial charge >= 0.3 is 0 Å². The maximum absolute atomic E-state index is 12.9. The summed E-state index contributed by atoms with van der Waals surface area (Å²) in [5, 5.41) is 0.102. The van der Waals surface area contributed by atoms with Crippen LogP contribution in [-0.2, 0) is 0 Å². The van der Waals surface area contributed by atoms with Crippen molar-refractivity contribution < 1.29 is 13.9 Å². The van der Waals surface area contributed by atoms with E-state index in [4.69, 9.17) is 16.3 Å². The Morgan fingerprint density at radius 2 is 2.05 bits per heavy atom. The number of allylic oxidation sites excluding steroid dienone is 1. The lowest BCUT2D eigenvalue weighted by Gasteiger charge is -2.01. The number of carbonyl (C=O) groups is 1. The van der Waals surface area contributed by atoms with Crippen LogP contribution in [0.3, 0.4) is 0 Å². The lowest BCUT2D eigenvalue weighted by atomic mass is 10.1. The van der Waals surface area contributed by atoms with Gasteiger partial charge in [-0.2, -0.15) is 0 Å². The molecule has 0 saturated heterocycles. The zero-order valence-corrected chi connectivity index (χ0v) is 11.5. The standard InChI is InChI=1S/C16H12ClFO2/c1-20-13-4-2-3-11(9-13)5-8-16(19)14-7-6-12(18)10-15(14)17/h2-10H,1H3. The zero-order valence-electron chi connectivity index (χ0n) is 10.8. The molecule has 0 atom stereocenters. The Labute approximate surface area is 121 Å². The number of hydrogen-bond donors (Lipinski definition) is 0. The average Bonchev–Trinajstić information content (AvgIpc) is 2.45. The third kappa shape index (κ3) is 3.45. The lowest BCUT2D eigenvalue weighted by Crippen LogP contribution is -1.96. The highest BCUT2D eigenvalue weighted by molar-refractivity contribution is 6.34. The van der Waals surface area contributed by atoms with Crippen molar-refractivity contribution in [1.82, 2.24) is 0 Å². The van der Waals surface area contributed by atoms with Crippen LogP contribution >= 0.6 is 11.6 Å². The van der Waals surface area contributed by atoms with Crippen molar-refractivity contribution in [1.29, 1.82) is 0 Å². The second-order valence-electron chi connectivity index (χ2n) is 4.10. The van der Waals surface area contributed by atoms with E-state index in [0.29, 0.717) is 5.75 Å². The predicted octanol–water partition coefficient (Wildman–Crippen LogP) is 4.38. The highest BCUT2D eigenvalue weighted by Gasteiger charge is 2.08. The number of rotatable bonds is 4. The van der Waals surface area contributed by atoms with Gasteiger partial charge in [-0.25, -0.2) is 4.39 Å². The van der Waals surface area contributed by atoms with Crippen LogP contribution < -0.4 is 4.74 Å². The quantitative estimate of drug-likeness (QED) is 0.617. The third-order valence-corrected chi connectivity index (χ3v) is 3.03. The first-order valence-electron chi connectivity index (χ1n) is 5.91. The summed E-state index contributed by atoms with van der Waals surface area (Å²) in [7, 11) is 1.58. The molecule has 4 heteroatoms. The molecule has 0 aliphatic carbocycles. The van der Waals surface area contributed by atoms with Gasteiger partial charge in [-0.3, -0.25) is 4.79 Å². The van der Waals surface area contributed by atoms with E-state index in [0.717, 1.165) is 11.6 Å². The molecule has 0 unspecified atom stereocenters. The number of methoxy groups -OCH3 is 1. The number of carbonyl (C=O) groups excluding carboxylic acids is 1. The maximum Gasteiger partial charge on any atom is 0.187 e. The van der Waals surface area contributed by atoms with Crippen molar-refractivity contribution in [2.75, 3.05) is 7.11 Å². The maximum atomic E-state index is 12.9. The second kappa shape index (κ2) is 6.35. The van der Waals surface area contributed by atoms with Crippen molar-refractivity contribution in [2.45, 2.75) is 0 Å². The summed E-state index contributed by atoms with van der Waals surface area (Å²) in [5.41, 5.74) is 1.10. The molecular formula is C16H12ClFO2. The molecule has 0 saturated carbocycles. The van der Waals surface area contributed by atoms with Crippen LogP contribution in [0.1, 0.15) is 15.9 Å². The molecule has 0 N–H and O–H groups in total. The molecule has 2 aromatic carbocycles. The van der Waals surface area contributed by atoms with Gasteiger partial charge in [-0.05, 0) is 42.0 Å². The summed E-state index contributed by atoms with van der Waals surface area (Å²) >= 11 is 5.84. The summed E-state index contributed by atoms with van der Waals surface area (Å²) < 4.78 is 18.0. The second-order valence-corrected chi connectivity index (χ2v) is 4.51. The number of ether oxygens (including phenoxy) is 1. The molecule has 102 valence electrons. The fourth-order valence-corrected chi connectivity index (χ4v) is 1.96. The molecule has 0 fully saturated rings. The molecule has 2 rings (SSSR count). The van der Waals surface area contributed by atoms with Crippen LogP contribution in [0.4, 0.5) is 4.39 Å². The lowest BCUT2D eigenvalue weighted by molar-refractivity contribution is 0.104. The van der Waals surface area contributed by atoms with Crippen LogP contribution in [0.15, 0.2) is 48.5 Å². The number of benzene rings is 2. The van der Waals surface area contributed by atoms with Crippen molar-refractivity contribution in [3.63, 3.8) is 0 Å². The van der Waals surface area contributed by atoms with E-state index in [2.05, 4.69) is 0 Å². The molecule has 2 nitrogen and oxygen atoms in total. The van der Waals surface area contributed by atoms with E-state index >= 15 is 0 Å². The van der Waals surface area contributed by atoms with Gasteiger partial charge in [0.2, 0.25) is 0 Å². The average molecular weight is 291 g/mol. The van der Waals surface area contributed by atoms with Gasteiger partial charge in [-0.1, -0.05) is 29.8 Å². The van der Waals surface area contributed by atoms with E-state index in [1.165, 1.54) is 18.2 Å². The van der Waals surface area contributed by atoms with Gasteiger partial charge in [0.25, 0.3) is 0 Å². The third-order valence-electron chi connectivity index (χ3n) is 2.72. The van der Waals surface area contributed by atoms with Crippen molar-refractivity contribution in [3.05, 3.63) is 70.5 Å². The van der Waals surface area contributed by atoms with Crippen molar-refractivity contribution in [3.8, 4) is 5.75 Å². The summed E-state index contributed by atoms with van der Waals surface area (Å²) in [6, 6.07) is 11.0. The molecule has 0 aromatic heterocycles. The van der Waals surface area contributed by atoms with E-state index in [9.17, 15) is 9.18 Å². The Hall–Kier alpha value is -2.13. The van der Waals surface area contributed by atoms with E-state index in [1.807, 2.05) is 18.2 Å². The topological polar surface area (TPSA) is 26.3 Å². The Morgan fingerprint density at radius 3 is 2.75 bits per heavy atom. The highest BCUT2D eigenvalue weighted by atomic mass is 35.5. The predicted molar refractivity (Wildman–Crippen MR) is 77.8 cm³/mol. The van der Waals surface area contributed by atoms with Crippen LogP contribution in [0.5, 0.6) is 5.75 Å². The van der Waals surface area contributed by atoms with Crippen LogP contribution in [0.25, 0.3) is 6.08 Å². The molecule has 0 heterocycles. The van der Waals surface area contributed by atoms with Gasteiger partial charge in [0.1, 0.15) is 11.6 Å². The minimum Gasteiger partial charge on any atom is -0.497 e. The summed E-state index contributed by atoms with van der Waals surface area (Å²) in [4.78, 5) is 12.0. The molecule has 0 amide bonds. The Kier molecular flexibility index (Phi) is 4.53. The molecule has 0 aliphatic rings. The SMILES string of the molecule is COc1cccc(C=CC(=O)c2ccc(F)cc2Cl)c1. The normalized spacial score (nSPS) is 10.8. The monoisotopic (exact) mass is 290 g/mol. The number of ketones is 1. The minimum absolute atomic E-state index is 0.102. The molecule has 0 spiro atoms. The molecule has 0 aliphatic heterocycles. The molecule has 20 heavy (non-hydrogen) atoms. The van der Waals surface area contributed by atoms with Crippen LogP contribution in [-0.4, -0.2) is 12.9 Å². The number of hydrogen-bond acceptors (Lipinski definition) is 2. The number of halogens is 2. The molecule has 2 aromatic rings. The largest absolute Gasteiger partial charge is 0.497 e. The molecule has 0 radical (unpaired) electrons. The van der Waals surface area contributed by atoms with Gasteiger partial charge in [0, 0.05) is 5.56 Å². The Balaban J connectivity index is 2.20. The van der Waals surface area contributed by atoms with E-state index < -0.39 is 5.82 Å². The van der Waals surface area contributed by atoms with Gasteiger partial charge in [-0.15, -0.1) is 0 Å². The Morgan fingerprint density at radius 1 is 1.25 bits per heavy atom. The minimum atomic E-state index is -0.469. The highest BCUT2D eigenvalue weighted by Crippen LogP contribution is 2.19. The molecular weight excluding hydrogens is 279 g/mol. The van der Waals surface area contributed by atoms with Gasteiger partial charge < -0.3 is 4.74 Å². The fourth-order valence-electron chi connectivity index (χ4n) is 1.70. The fraction of sp³-hybridized carbons (Fsp3) is 0.0625. The van der Waals surface area contributed by atoms with Crippen LogP contribution in [0.2, 0.25) is 5.02 Å². The van der Waals surface area contributed by atoms with Crippen LogP contribution in [0, 0.1) is 5.82 Å². The van der Waals surface area contributed by atoms with Crippen molar-refractivity contribution in [2.24, 2.45) is 0 Å². The van der Waals surface area contributed by atoms with Gasteiger partial charge in [0.05, 0.1) is 12.1 Å².